The molecule has 2 rings (SSSR count). The van der Waals surface area contributed by atoms with E-state index in [4.69, 9.17) is 0 Å². The van der Waals surface area contributed by atoms with Crippen LogP contribution in [0.4, 0.5) is 0 Å². The zero-order chi connectivity index (χ0) is 13.0. The first kappa shape index (κ1) is 14.0. The third-order valence-electron chi connectivity index (χ3n) is 3.84. The van der Waals surface area contributed by atoms with Gasteiger partial charge in [-0.3, -0.25) is 0 Å². The summed E-state index contributed by atoms with van der Waals surface area (Å²) in [7, 11) is -3.02. The van der Waals surface area contributed by atoms with Crippen molar-refractivity contribution < 1.29 is 8.42 Å². The Hall–Kier alpha value is -0.390. The number of hydrogen-bond acceptors (Lipinski definition) is 3. The van der Waals surface area contributed by atoms with Crippen molar-refractivity contribution in [2.75, 3.05) is 32.4 Å². The second-order valence-corrected chi connectivity index (χ2v) is 7.43. The molecule has 0 aromatic heterocycles. The summed E-state index contributed by atoms with van der Waals surface area (Å²) in [6.45, 7) is 3.54. The maximum Gasteiger partial charge on any atom is 0.211 e. The molecule has 2 fully saturated rings. The minimum Gasteiger partial charge on any atom is -0.316 e. The van der Waals surface area contributed by atoms with Crippen LogP contribution in [0, 0.1) is 5.92 Å². The maximum absolute atomic E-state index is 11.6. The molecule has 1 unspecified atom stereocenters. The molecule has 2 heterocycles. The lowest BCUT2D eigenvalue weighted by molar-refractivity contribution is 0.301. The largest absolute Gasteiger partial charge is 0.316 e. The van der Waals surface area contributed by atoms with Gasteiger partial charge in [-0.1, -0.05) is 11.6 Å². The number of hydrogen-bond donors (Lipinski definition) is 1. The van der Waals surface area contributed by atoms with Gasteiger partial charge in [0, 0.05) is 13.1 Å². The minimum atomic E-state index is -3.02. The van der Waals surface area contributed by atoms with Gasteiger partial charge in [-0.25, -0.2) is 12.7 Å². The molecular weight excluding hydrogens is 248 g/mol. The molecule has 0 bridgehead atoms. The van der Waals surface area contributed by atoms with E-state index in [1.807, 2.05) is 0 Å². The summed E-state index contributed by atoms with van der Waals surface area (Å²) in [5.74, 6) is 0.418. The van der Waals surface area contributed by atoms with Crippen molar-refractivity contribution in [3.8, 4) is 0 Å². The summed E-state index contributed by atoms with van der Waals surface area (Å²) in [6, 6.07) is 0. The molecule has 104 valence electrons. The van der Waals surface area contributed by atoms with Crippen molar-refractivity contribution in [2.45, 2.75) is 32.1 Å². The number of nitrogens with one attached hydrogen (secondary N) is 1. The quantitative estimate of drug-likeness (QED) is 0.772. The first-order valence-electron chi connectivity index (χ1n) is 6.91. The van der Waals surface area contributed by atoms with Crippen molar-refractivity contribution in [1.82, 2.24) is 9.62 Å². The molecule has 0 radical (unpaired) electrons. The number of piperidine rings is 1. The summed E-state index contributed by atoms with van der Waals surface area (Å²) >= 11 is 0. The van der Waals surface area contributed by atoms with Gasteiger partial charge in [0.05, 0.1) is 6.26 Å². The third-order valence-corrected chi connectivity index (χ3v) is 5.11. The molecule has 2 aliphatic rings. The Labute approximate surface area is 110 Å². The van der Waals surface area contributed by atoms with Crippen LogP contribution in [0.3, 0.4) is 0 Å². The summed E-state index contributed by atoms with van der Waals surface area (Å²) < 4.78 is 24.8. The van der Waals surface area contributed by atoms with Crippen molar-refractivity contribution in [2.24, 2.45) is 5.92 Å². The Morgan fingerprint density at radius 2 is 2.11 bits per heavy atom. The average molecular weight is 272 g/mol. The SMILES string of the molecule is CS(=O)(=O)N1CCCC(/C=C2/CCCNCC2)C1. The van der Waals surface area contributed by atoms with Crippen LogP contribution >= 0.6 is 0 Å². The minimum absolute atomic E-state index is 0.418. The molecule has 0 saturated carbocycles. The van der Waals surface area contributed by atoms with Crippen molar-refractivity contribution in [3.05, 3.63) is 11.6 Å². The van der Waals surface area contributed by atoms with E-state index >= 15 is 0 Å². The highest BCUT2D eigenvalue weighted by molar-refractivity contribution is 7.88. The summed E-state index contributed by atoms with van der Waals surface area (Å²) in [5, 5.41) is 3.40. The molecule has 0 amide bonds. The van der Waals surface area contributed by atoms with Crippen LogP contribution in [-0.4, -0.2) is 45.2 Å². The Bertz CT molecular complexity index is 393. The van der Waals surface area contributed by atoms with Crippen LogP contribution in [0.2, 0.25) is 0 Å². The molecule has 1 N–H and O–H groups in total. The Morgan fingerprint density at radius 1 is 1.28 bits per heavy atom. The fourth-order valence-corrected chi connectivity index (χ4v) is 3.77. The van der Waals surface area contributed by atoms with Crippen LogP contribution in [0.5, 0.6) is 0 Å². The molecule has 0 aliphatic carbocycles. The molecule has 18 heavy (non-hydrogen) atoms. The first-order chi connectivity index (χ1) is 8.55. The van der Waals surface area contributed by atoms with Crippen LogP contribution < -0.4 is 5.32 Å². The molecule has 0 aromatic rings. The lowest BCUT2D eigenvalue weighted by atomic mass is 9.94. The topological polar surface area (TPSA) is 49.4 Å². The van der Waals surface area contributed by atoms with Gasteiger partial charge < -0.3 is 5.32 Å². The van der Waals surface area contributed by atoms with Gasteiger partial charge >= 0.3 is 0 Å². The van der Waals surface area contributed by atoms with Crippen LogP contribution in [-0.2, 0) is 10.0 Å². The Kier molecular flexibility index (Phi) is 4.81. The van der Waals surface area contributed by atoms with Gasteiger partial charge in [0.2, 0.25) is 10.0 Å². The molecule has 0 aromatic carbocycles. The highest BCUT2D eigenvalue weighted by atomic mass is 32.2. The van der Waals surface area contributed by atoms with E-state index in [-0.39, 0.29) is 0 Å². The first-order valence-corrected chi connectivity index (χ1v) is 8.76. The summed E-state index contributed by atoms with van der Waals surface area (Å²) in [5.41, 5.74) is 1.51. The highest BCUT2D eigenvalue weighted by Crippen LogP contribution is 2.23. The normalized spacial score (nSPS) is 30.3. The summed E-state index contributed by atoms with van der Waals surface area (Å²) in [6.07, 6.45) is 9.28. The predicted molar refractivity (Wildman–Crippen MR) is 73.9 cm³/mol. The van der Waals surface area contributed by atoms with Gasteiger partial charge in [0.1, 0.15) is 0 Å². The van der Waals surface area contributed by atoms with Crippen LogP contribution in [0.25, 0.3) is 0 Å². The smallest absolute Gasteiger partial charge is 0.211 e. The van der Waals surface area contributed by atoms with Crippen molar-refractivity contribution in [3.63, 3.8) is 0 Å². The lowest BCUT2D eigenvalue weighted by Gasteiger charge is -2.29. The molecule has 2 saturated heterocycles. The van der Waals surface area contributed by atoms with Gasteiger partial charge in [-0.05, 0) is 51.1 Å². The van der Waals surface area contributed by atoms with Gasteiger partial charge in [0.15, 0.2) is 0 Å². The van der Waals surface area contributed by atoms with E-state index in [2.05, 4.69) is 11.4 Å². The Balaban J connectivity index is 1.98. The van der Waals surface area contributed by atoms with E-state index < -0.39 is 10.0 Å². The van der Waals surface area contributed by atoms with Gasteiger partial charge in [0.25, 0.3) is 0 Å². The van der Waals surface area contributed by atoms with E-state index in [0.29, 0.717) is 19.0 Å². The molecule has 1 atom stereocenters. The second-order valence-electron chi connectivity index (χ2n) is 5.45. The standard InChI is InChI=1S/C13H24N2O2S/c1-18(16,17)15-9-3-5-13(11-15)10-12-4-2-7-14-8-6-12/h10,13-14H,2-9,11H2,1H3/b12-10-. The number of rotatable bonds is 2. The van der Waals surface area contributed by atoms with E-state index in [1.165, 1.54) is 24.7 Å². The molecule has 0 spiro atoms. The fraction of sp³-hybridized carbons (Fsp3) is 0.846. The second kappa shape index (κ2) is 6.17. The molecule has 2 aliphatic heterocycles. The van der Waals surface area contributed by atoms with Gasteiger partial charge in [-0.15, -0.1) is 0 Å². The fourth-order valence-electron chi connectivity index (χ4n) is 2.85. The van der Waals surface area contributed by atoms with Crippen molar-refractivity contribution in [1.29, 1.82) is 0 Å². The predicted octanol–water partition coefficient (Wildman–Crippen LogP) is 1.36. The molecule has 5 heteroatoms. The average Bonchev–Trinajstić information content (AvgIpc) is 2.57. The number of nitrogens with zero attached hydrogens (tertiary/aromatic N) is 1. The Morgan fingerprint density at radius 3 is 2.89 bits per heavy atom. The van der Waals surface area contributed by atoms with E-state index in [0.717, 1.165) is 32.4 Å². The zero-order valence-electron chi connectivity index (χ0n) is 11.2. The zero-order valence-corrected chi connectivity index (χ0v) is 12.0. The van der Waals surface area contributed by atoms with E-state index in [9.17, 15) is 8.42 Å². The molecular formula is C13H24N2O2S. The molecule has 4 nitrogen and oxygen atoms in total. The monoisotopic (exact) mass is 272 g/mol. The van der Waals surface area contributed by atoms with E-state index in [1.54, 1.807) is 4.31 Å². The number of sulfonamides is 1. The van der Waals surface area contributed by atoms with Gasteiger partial charge in [-0.2, -0.15) is 0 Å². The summed E-state index contributed by atoms with van der Waals surface area (Å²) in [4.78, 5) is 0. The lowest BCUT2D eigenvalue weighted by Crippen LogP contribution is -2.38. The van der Waals surface area contributed by atoms with Crippen LogP contribution in [0.15, 0.2) is 11.6 Å². The van der Waals surface area contributed by atoms with Crippen LogP contribution in [0.1, 0.15) is 32.1 Å². The third kappa shape index (κ3) is 4.07. The maximum atomic E-state index is 11.6. The highest BCUT2D eigenvalue weighted by Gasteiger charge is 2.24. The van der Waals surface area contributed by atoms with Crippen molar-refractivity contribution >= 4 is 10.0 Å².